The van der Waals surface area contributed by atoms with Crippen molar-refractivity contribution in [3.8, 4) is 0 Å². The fourth-order valence-electron chi connectivity index (χ4n) is 14.4. The zero-order valence-corrected chi connectivity index (χ0v) is 37.7. The Morgan fingerprint density at radius 2 is 1.56 bits per heavy atom. The molecule has 7 rings (SSSR count). The number of nitrogens with zero attached hydrogens (tertiary/aromatic N) is 1. The maximum atomic E-state index is 14.4. The van der Waals surface area contributed by atoms with E-state index in [2.05, 4.69) is 69.4 Å². The third kappa shape index (κ3) is 6.56. The summed E-state index contributed by atoms with van der Waals surface area (Å²) in [5.41, 5.74) is -0.308. The second-order valence-corrected chi connectivity index (χ2v) is 22.4. The van der Waals surface area contributed by atoms with Gasteiger partial charge >= 0.3 is 18.0 Å². The smallest absolute Gasteiger partial charge is 0.321 e. The van der Waals surface area contributed by atoms with Crippen LogP contribution >= 0.6 is 0 Å². The first-order chi connectivity index (χ1) is 27.2. The molecule has 5 saturated carbocycles. The molecule has 6 aliphatic rings. The van der Waals surface area contributed by atoms with Gasteiger partial charge in [0.05, 0.1) is 17.4 Å². The van der Waals surface area contributed by atoms with Crippen LogP contribution in [-0.2, 0) is 23.9 Å². The van der Waals surface area contributed by atoms with Gasteiger partial charge in [0.1, 0.15) is 17.5 Å². The van der Waals surface area contributed by atoms with E-state index >= 15 is 0 Å². The number of carbonyl (C=O) groups is 5. The monoisotopic (exact) mass is 815 g/mol. The Balaban J connectivity index is 1.12. The van der Waals surface area contributed by atoms with E-state index in [0.29, 0.717) is 30.5 Å². The molecular formula is C48H70N4O7. The minimum Gasteiger partial charge on any atom is -0.481 e. The molecule has 0 spiro atoms. The van der Waals surface area contributed by atoms with Crippen LogP contribution in [0.4, 0.5) is 10.6 Å². The number of aliphatic carboxylic acids is 1. The van der Waals surface area contributed by atoms with Gasteiger partial charge in [0, 0.05) is 17.5 Å². The first-order valence-corrected chi connectivity index (χ1v) is 22.3. The van der Waals surface area contributed by atoms with Crippen molar-refractivity contribution in [1.82, 2.24) is 15.6 Å². The molecule has 4 N–H and O–H groups in total. The average Bonchev–Trinajstić information content (AvgIpc) is 3.40. The Morgan fingerprint density at radius 1 is 0.864 bits per heavy atom. The second kappa shape index (κ2) is 14.1. The molecule has 0 bridgehead atoms. The number of hydrogen-bond acceptors (Lipinski definition) is 7. The predicted molar refractivity (Wildman–Crippen MR) is 226 cm³/mol. The summed E-state index contributed by atoms with van der Waals surface area (Å²) in [7, 11) is 0. The van der Waals surface area contributed by atoms with Crippen LogP contribution < -0.4 is 16.0 Å². The molecule has 3 amide bonds. The number of pyridine rings is 1. The number of allylic oxidation sites excluding steroid dienone is 1. The highest BCUT2D eigenvalue weighted by atomic mass is 16.5. The molecule has 0 aliphatic heterocycles. The van der Waals surface area contributed by atoms with E-state index < -0.39 is 40.3 Å². The van der Waals surface area contributed by atoms with Crippen molar-refractivity contribution in [3.63, 3.8) is 0 Å². The number of urea groups is 1. The molecule has 1 aromatic heterocycles. The van der Waals surface area contributed by atoms with Gasteiger partial charge in [-0.15, -0.1) is 0 Å². The zero-order valence-electron chi connectivity index (χ0n) is 37.7. The lowest BCUT2D eigenvalue weighted by atomic mass is 9.33. The number of carboxylic acids is 1. The lowest BCUT2D eigenvalue weighted by molar-refractivity contribution is -0.235. The number of anilines is 1. The van der Waals surface area contributed by atoms with Crippen LogP contribution in [0.2, 0.25) is 0 Å². The number of rotatable bonds is 8. The van der Waals surface area contributed by atoms with E-state index in [1.54, 1.807) is 19.9 Å². The van der Waals surface area contributed by atoms with Gasteiger partial charge in [0.25, 0.3) is 0 Å². The lowest BCUT2D eigenvalue weighted by Gasteiger charge is -2.72. The average molecular weight is 815 g/mol. The van der Waals surface area contributed by atoms with Crippen LogP contribution in [-0.4, -0.2) is 56.9 Å². The zero-order chi connectivity index (χ0) is 43.5. The van der Waals surface area contributed by atoms with Gasteiger partial charge in [-0.1, -0.05) is 68.4 Å². The molecule has 0 saturated heterocycles. The number of ether oxygens (including phenoxy) is 1. The molecule has 11 heteroatoms. The van der Waals surface area contributed by atoms with E-state index in [1.807, 2.05) is 32.9 Å². The van der Waals surface area contributed by atoms with Crippen molar-refractivity contribution in [3.05, 3.63) is 35.0 Å². The van der Waals surface area contributed by atoms with Crippen LogP contribution in [0.15, 0.2) is 29.3 Å². The van der Waals surface area contributed by atoms with Crippen LogP contribution in [0, 0.1) is 69.5 Å². The Kier molecular flexibility index (Phi) is 10.4. The summed E-state index contributed by atoms with van der Waals surface area (Å²) in [6, 6.07) is 4.83. The molecule has 0 aromatic carbocycles. The first kappa shape index (κ1) is 43.3. The summed E-state index contributed by atoms with van der Waals surface area (Å²) < 4.78 is 6.41. The van der Waals surface area contributed by atoms with Crippen LogP contribution in [0.3, 0.4) is 0 Å². The van der Waals surface area contributed by atoms with Crippen molar-refractivity contribution in [1.29, 1.82) is 0 Å². The Labute approximate surface area is 351 Å². The number of esters is 1. The number of carboxylic acid groups (broad SMARTS) is 1. The third-order valence-electron chi connectivity index (χ3n) is 18.0. The second-order valence-electron chi connectivity index (χ2n) is 22.4. The van der Waals surface area contributed by atoms with Gasteiger partial charge in [0.15, 0.2) is 5.78 Å². The van der Waals surface area contributed by atoms with E-state index in [-0.39, 0.29) is 63.7 Å². The molecule has 6 aliphatic carbocycles. The summed E-state index contributed by atoms with van der Waals surface area (Å²) in [6.45, 7) is 25.3. The number of hydrogen-bond donors (Lipinski definition) is 4. The highest BCUT2D eigenvalue weighted by Crippen LogP contribution is 2.76. The lowest BCUT2D eigenvalue weighted by Crippen LogP contribution is -2.68. The van der Waals surface area contributed by atoms with Crippen molar-refractivity contribution in [2.45, 2.75) is 164 Å². The molecule has 11 nitrogen and oxygen atoms in total. The minimum atomic E-state index is -1.27. The first-order valence-electron chi connectivity index (χ1n) is 22.3. The van der Waals surface area contributed by atoms with E-state index in [1.165, 1.54) is 0 Å². The van der Waals surface area contributed by atoms with Gasteiger partial charge < -0.3 is 20.5 Å². The number of nitrogens with one attached hydrogen (secondary N) is 3. The minimum absolute atomic E-state index is 0.00969. The van der Waals surface area contributed by atoms with Crippen LogP contribution in [0.25, 0.3) is 0 Å². The van der Waals surface area contributed by atoms with Gasteiger partial charge in [0.2, 0.25) is 5.91 Å². The Morgan fingerprint density at radius 3 is 2.19 bits per heavy atom. The van der Waals surface area contributed by atoms with Crippen molar-refractivity contribution < 1.29 is 33.8 Å². The highest BCUT2D eigenvalue weighted by Gasteiger charge is 2.71. The van der Waals surface area contributed by atoms with Gasteiger partial charge in [-0.2, -0.15) is 0 Å². The van der Waals surface area contributed by atoms with Crippen molar-refractivity contribution >= 4 is 35.5 Å². The summed E-state index contributed by atoms with van der Waals surface area (Å²) in [5.74, 6) is -0.926. The summed E-state index contributed by atoms with van der Waals surface area (Å²) in [5, 5.41) is 18.7. The maximum absolute atomic E-state index is 14.4. The fraction of sp³-hybridized carbons (Fsp3) is 0.750. The van der Waals surface area contributed by atoms with E-state index in [0.717, 1.165) is 61.8 Å². The number of aromatic nitrogens is 1. The molecule has 5 fully saturated rings. The van der Waals surface area contributed by atoms with E-state index in [4.69, 9.17) is 4.74 Å². The number of Topliss-reactive ketones (excluding diaryl/α,β-unsaturated/α-hetero) is 1. The molecule has 1 aromatic rings. The molecule has 0 radical (unpaired) electrons. The summed E-state index contributed by atoms with van der Waals surface area (Å²) >= 11 is 0. The van der Waals surface area contributed by atoms with Crippen molar-refractivity contribution in [2.24, 2.45) is 62.6 Å². The number of carbonyl (C=O) groups excluding carboxylic acids is 4. The summed E-state index contributed by atoms with van der Waals surface area (Å²) in [4.78, 5) is 71.5. The molecule has 10 atom stereocenters. The van der Waals surface area contributed by atoms with Crippen molar-refractivity contribution in [2.75, 3.05) is 5.32 Å². The topological polar surface area (TPSA) is 164 Å². The molecule has 59 heavy (non-hydrogen) atoms. The fourth-order valence-corrected chi connectivity index (χ4v) is 14.4. The summed E-state index contributed by atoms with van der Waals surface area (Å²) in [6.07, 6.45) is 7.62. The number of amides is 3. The normalized spacial score (nSPS) is 38.2. The quantitative estimate of drug-likeness (QED) is 0.189. The Hall–Kier alpha value is -3.76. The SMILES string of the molecule is Cc1cccc(NC(=O)NC(C)(C)C(=O)NC23CC[C@]4(C)[C@H](CC[C@@H]5[C@@]6(C)CC[C@H](OC(=O)[C@H]7C[C@@H](C(=O)O)C7(C)C)C(C)(C)[C@@H]6CC[C@]54C)C2=C(C(C)C)C(=O)C3)n1. The molecular weight excluding hydrogens is 745 g/mol. The predicted octanol–water partition coefficient (Wildman–Crippen LogP) is 8.80. The van der Waals surface area contributed by atoms with Gasteiger partial charge in [-0.25, -0.2) is 9.78 Å². The largest absolute Gasteiger partial charge is 0.481 e. The third-order valence-corrected chi connectivity index (χ3v) is 18.0. The number of ketones is 1. The highest BCUT2D eigenvalue weighted by molar-refractivity contribution is 6.03. The standard InChI is InChI=1S/C48H70N4O7/c1-26(2)36-31(53)25-48(51-40(57)44(8,9)52-41(58)50-35-15-13-14-27(3)49-35)23-22-46(11)28(37(36)48)16-17-33-45(10)20-19-34(43(6,7)32(45)18-21-47(33,46)12)59-39(56)30-24-29(38(54)55)42(30,4)5/h13-15,26,28-30,32-34H,16-25H2,1-12H3,(H,51,57)(H,54,55)(H2,49,50,52,58)/t28-,29+,30-,32+,33-,34+,45+,46-,47-,48?/m1/s1. The van der Waals surface area contributed by atoms with Crippen LogP contribution in [0.1, 0.15) is 146 Å². The Bertz CT molecular complexity index is 1990. The van der Waals surface area contributed by atoms with Gasteiger partial charge in [-0.05, 0) is 147 Å². The molecule has 1 unspecified atom stereocenters. The maximum Gasteiger partial charge on any atom is 0.321 e. The number of aryl methyl sites for hydroxylation is 1. The number of fused-ring (bicyclic) bond motifs is 7. The van der Waals surface area contributed by atoms with Gasteiger partial charge in [-0.3, -0.25) is 24.5 Å². The van der Waals surface area contributed by atoms with Crippen LogP contribution in [0.5, 0.6) is 0 Å². The molecule has 324 valence electrons. The molecule has 1 heterocycles. The van der Waals surface area contributed by atoms with E-state index in [9.17, 15) is 29.1 Å².